The van der Waals surface area contributed by atoms with Crippen LogP contribution in [0.5, 0.6) is 17.2 Å². The van der Waals surface area contributed by atoms with Crippen LogP contribution in [0.2, 0.25) is 0 Å². The molecule has 4 amide bonds. The molecular formula is C26H25N3O5. The average molecular weight is 460 g/mol. The Hall–Kier alpha value is -4.33. The first-order chi connectivity index (χ1) is 16.4. The number of para-hydroxylation sites is 1. The van der Waals surface area contributed by atoms with Gasteiger partial charge in [-0.05, 0) is 60.5 Å². The molecule has 0 unspecified atom stereocenters. The lowest BCUT2D eigenvalue weighted by Gasteiger charge is -2.26. The highest BCUT2D eigenvalue weighted by molar-refractivity contribution is 6.10. The summed E-state index contributed by atoms with van der Waals surface area (Å²) in [7, 11) is 1.55. The smallest absolute Gasteiger partial charge is 0.325 e. The fourth-order valence-electron chi connectivity index (χ4n) is 3.86. The number of hydrogen-bond donors (Lipinski definition) is 2. The number of rotatable bonds is 8. The summed E-state index contributed by atoms with van der Waals surface area (Å²) >= 11 is 0. The lowest BCUT2D eigenvalue weighted by Crippen LogP contribution is -2.44. The molecule has 0 aromatic heterocycles. The predicted molar refractivity (Wildman–Crippen MR) is 127 cm³/mol. The monoisotopic (exact) mass is 459 g/mol. The Kier molecular flexibility index (Phi) is 6.49. The summed E-state index contributed by atoms with van der Waals surface area (Å²) in [5.74, 6) is 1.01. The molecule has 174 valence electrons. The highest BCUT2D eigenvalue weighted by Crippen LogP contribution is 2.33. The van der Waals surface area contributed by atoms with Gasteiger partial charge in [0.25, 0.3) is 5.91 Å². The Labute approximate surface area is 197 Å². The summed E-state index contributed by atoms with van der Waals surface area (Å²) in [6.07, 6.45) is 0.338. The first-order valence-electron chi connectivity index (χ1n) is 10.9. The van der Waals surface area contributed by atoms with Crippen molar-refractivity contribution in [2.75, 3.05) is 19.0 Å². The highest BCUT2D eigenvalue weighted by atomic mass is 16.5. The number of anilines is 1. The van der Waals surface area contributed by atoms with Gasteiger partial charge in [-0.2, -0.15) is 0 Å². The molecule has 34 heavy (non-hydrogen) atoms. The fourth-order valence-corrected chi connectivity index (χ4v) is 3.86. The van der Waals surface area contributed by atoms with E-state index in [0.29, 0.717) is 34.9 Å². The van der Waals surface area contributed by atoms with Crippen molar-refractivity contribution >= 4 is 23.5 Å². The lowest BCUT2D eigenvalue weighted by molar-refractivity contribution is -0.134. The van der Waals surface area contributed by atoms with Gasteiger partial charge in [0.1, 0.15) is 29.3 Å². The van der Waals surface area contributed by atoms with E-state index in [1.165, 1.54) is 0 Å². The van der Waals surface area contributed by atoms with Gasteiger partial charge < -0.3 is 20.1 Å². The zero-order valence-corrected chi connectivity index (χ0v) is 18.9. The van der Waals surface area contributed by atoms with Crippen LogP contribution < -0.4 is 20.1 Å². The summed E-state index contributed by atoms with van der Waals surface area (Å²) in [5.41, 5.74) is -0.0690. The van der Waals surface area contributed by atoms with Crippen LogP contribution in [0.3, 0.4) is 0 Å². The van der Waals surface area contributed by atoms with Crippen LogP contribution in [0.1, 0.15) is 18.9 Å². The summed E-state index contributed by atoms with van der Waals surface area (Å²) in [4.78, 5) is 39.4. The number of carbonyl (C=O) groups excluding carboxylic acids is 3. The third kappa shape index (κ3) is 4.56. The Bertz CT molecular complexity index is 1180. The zero-order chi connectivity index (χ0) is 24.1. The molecule has 1 heterocycles. The van der Waals surface area contributed by atoms with Crippen molar-refractivity contribution in [3.63, 3.8) is 0 Å². The van der Waals surface area contributed by atoms with E-state index in [9.17, 15) is 14.4 Å². The maximum atomic E-state index is 13.2. The van der Waals surface area contributed by atoms with Crippen LogP contribution in [0, 0.1) is 0 Å². The quantitative estimate of drug-likeness (QED) is 0.490. The number of imide groups is 1. The second-order valence-corrected chi connectivity index (χ2v) is 7.80. The van der Waals surface area contributed by atoms with Crippen LogP contribution in [-0.4, -0.2) is 36.4 Å². The summed E-state index contributed by atoms with van der Waals surface area (Å²) in [5, 5.41) is 5.49. The number of benzene rings is 3. The van der Waals surface area contributed by atoms with E-state index in [1.54, 1.807) is 55.6 Å². The number of ether oxygens (including phenoxy) is 2. The van der Waals surface area contributed by atoms with Gasteiger partial charge in [-0.15, -0.1) is 0 Å². The van der Waals surface area contributed by atoms with Crippen molar-refractivity contribution < 1.29 is 23.9 Å². The minimum absolute atomic E-state index is 0.338. The molecule has 0 bridgehead atoms. The van der Waals surface area contributed by atoms with E-state index in [1.807, 2.05) is 37.3 Å². The third-order valence-corrected chi connectivity index (χ3v) is 5.71. The van der Waals surface area contributed by atoms with Crippen molar-refractivity contribution in [2.45, 2.75) is 18.9 Å². The predicted octanol–water partition coefficient (Wildman–Crippen LogP) is 4.28. The van der Waals surface area contributed by atoms with E-state index in [2.05, 4.69) is 10.6 Å². The van der Waals surface area contributed by atoms with Crippen LogP contribution in [0.4, 0.5) is 10.5 Å². The van der Waals surface area contributed by atoms with Crippen LogP contribution in [0.25, 0.3) is 0 Å². The SMILES string of the molecule is CC[C@@]1(c2ccc(OC)cc2)NC(=O)N(CC(=O)Nc2ccc(Oc3ccccc3)cc2)C1=O. The van der Waals surface area contributed by atoms with Gasteiger partial charge in [0.2, 0.25) is 5.91 Å². The number of carbonyl (C=O) groups is 3. The molecule has 4 rings (SSSR count). The van der Waals surface area contributed by atoms with E-state index in [-0.39, 0.29) is 0 Å². The minimum atomic E-state index is -1.22. The average Bonchev–Trinajstić information content (AvgIpc) is 3.11. The van der Waals surface area contributed by atoms with Crippen molar-refractivity contribution in [2.24, 2.45) is 0 Å². The molecule has 1 fully saturated rings. The zero-order valence-electron chi connectivity index (χ0n) is 18.9. The van der Waals surface area contributed by atoms with Gasteiger partial charge >= 0.3 is 6.03 Å². The van der Waals surface area contributed by atoms with Gasteiger partial charge in [0, 0.05) is 5.69 Å². The molecule has 1 saturated heterocycles. The normalized spacial score (nSPS) is 17.3. The van der Waals surface area contributed by atoms with Gasteiger partial charge in [-0.1, -0.05) is 37.3 Å². The largest absolute Gasteiger partial charge is 0.497 e. The second kappa shape index (κ2) is 9.66. The van der Waals surface area contributed by atoms with Gasteiger partial charge in [-0.25, -0.2) is 4.79 Å². The third-order valence-electron chi connectivity index (χ3n) is 5.71. The van der Waals surface area contributed by atoms with Crippen molar-refractivity contribution in [3.05, 3.63) is 84.4 Å². The first-order valence-corrected chi connectivity index (χ1v) is 10.9. The molecule has 1 aliphatic heterocycles. The summed E-state index contributed by atoms with van der Waals surface area (Å²) < 4.78 is 10.9. The summed E-state index contributed by atoms with van der Waals surface area (Å²) in [6.45, 7) is 1.41. The molecular weight excluding hydrogens is 434 g/mol. The Balaban J connectivity index is 1.41. The topological polar surface area (TPSA) is 97.0 Å². The Morgan fingerprint density at radius 3 is 2.15 bits per heavy atom. The van der Waals surface area contributed by atoms with Gasteiger partial charge in [0.15, 0.2) is 0 Å². The number of nitrogens with one attached hydrogen (secondary N) is 2. The van der Waals surface area contributed by atoms with E-state index in [0.717, 1.165) is 4.90 Å². The molecule has 0 radical (unpaired) electrons. The number of hydrogen-bond acceptors (Lipinski definition) is 5. The number of methoxy groups -OCH3 is 1. The number of amides is 4. The Morgan fingerprint density at radius 1 is 0.912 bits per heavy atom. The first kappa shape index (κ1) is 22.8. The van der Waals surface area contributed by atoms with E-state index in [4.69, 9.17) is 9.47 Å². The number of urea groups is 1. The molecule has 1 atom stereocenters. The summed E-state index contributed by atoms with van der Waals surface area (Å²) in [6, 6.07) is 22.5. The molecule has 0 aliphatic carbocycles. The molecule has 0 spiro atoms. The molecule has 3 aromatic carbocycles. The molecule has 8 heteroatoms. The van der Waals surface area contributed by atoms with Crippen molar-refractivity contribution in [1.29, 1.82) is 0 Å². The molecule has 2 N–H and O–H groups in total. The van der Waals surface area contributed by atoms with Crippen LogP contribution in [0.15, 0.2) is 78.9 Å². The lowest BCUT2D eigenvalue weighted by atomic mass is 9.87. The maximum absolute atomic E-state index is 13.2. The highest BCUT2D eigenvalue weighted by Gasteiger charge is 2.51. The van der Waals surface area contributed by atoms with Crippen molar-refractivity contribution in [3.8, 4) is 17.2 Å². The van der Waals surface area contributed by atoms with Crippen molar-refractivity contribution in [1.82, 2.24) is 10.2 Å². The number of nitrogens with zero attached hydrogens (tertiary/aromatic N) is 1. The van der Waals surface area contributed by atoms with Gasteiger partial charge in [0.05, 0.1) is 7.11 Å². The molecule has 1 aliphatic rings. The van der Waals surface area contributed by atoms with Crippen LogP contribution >= 0.6 is 0 Å². The molecule has 0 saturated carbocycles. The standard InChI is InChI=1S/C26H25N3O5/c1-3-26(18-9-13-20(33-2)14-10-18)24(31)29(25(32)28-26)17-23(30)27-19-11-15-22(16-12-19)34-21-7-5-4-6-8-21/h4-16H,3,17H2,1-2H3,(H,27,30)(H,28,32)/t26-/m0/s1. The molecule has 3 aromatic rings. The second-order valence-electron chi connectivity index (χ2n) is 7.80. The Morgan fingerprint density at radius 2 is 1.53 bits per heavy atom. The van der Waals surface area contributed by atoms with E-state index >= 15 is 0 Å². The van der Waals surface area contributed by atoms with E-state index < -0.39 is 29.9 Å². The fraction of sp³-hybridized carbons (Fsp3) is 0.192. The van der Waals surface area contributed by atoms with Gasteiger partial charge in [-0.3, -0.25) is 14.5 Å². The minimum Gasteiger partial charge on any atom is -0.497 e. The van der Waals surface area contributed by atoms with Crippen LogP contribution in [-0.2, 0) is 15.1 Å². The molecule has 8 nitrogen and oxygen atoms in total. The maximum Gasteiger partial charge on any atom is 0.325 e.